The van der Waals surface area contributed by atoms with Crippen LogP contribution >= 0.6 is 11.3 Å². The molecule has 2 aromatic rings. The average molecular weight is 193 g/mol. The Kier molecular flexibility index (Phi) is 1.98. The fourth-order valence-corrected chi connectivity index (χ4v) is 2.43. The van der Waals surface area contributed by atoms with Crippen molar-refractivity contribution in [1.82, 2.24) is 0 Å². The normalized spacial score (nSPS) is 10.9. The van der Waals surface area contributed by atoms with Gasteiger partial charge < -0.3 is 10.8 Å². The number of fused-ring (bicyclic) bond motifs is 1. The van der Waals surface area contributed by atoms with Crippen LogP contribution in [0.3, 0.4) is 0 Å². The molecule has 1 aromatic carbocycles. The van der Waals surface area contributed by atoms with Crippen LogP contribution in [0, 0.1) is 6.92 Å². The Morgan fingerprint density at radius 3 is 3.00 bits per heavy atom. The van der Waals surface area contributed by atoms with E-state index in [0.29, 0.717) is 0 Å². The summed E-state index contributed by atoms with van der Waals surface area (Å²) in [5.41, 5.74) is 8.71. The number of thiophene rings is 1. The smallest absolute Gasteiger partial charge is 0.0690 e. The predicted molar refractivity (Wildman–Crippen MR) is 56.9 cm³/mol. The molecule has 1 heterocycles. The number of rotatable bonds is 1. The van der Waals surface area contributed by atoms with Gasteiger partial charge in [0, 0.05) is 11.1 Å². The van der Waals surface area contributed by atoms with Crippen LogP contribution in [-0.2, 0) is 6.61 Å². The number of hydrogen-bond donors (Lipinski definition) is 2. The van der Waals surface area contributed by atoms with E-state index in [0.717, 1.165) is 26.9 Å². The lowest BCUT2D eigenvalue weighted by Gasteiger charge is -2.06. The van der Waals surface area contributed by atoms with Crippen molar-refractivity contribution in [1.29, 1.82) is 0 Å². The molecular weight excluding hydrogens is 182 g/mol. The van der Waals surface area contributed by atoms with Gasteiger partial charge in [0.1, 0.15) is 0 Å². The van der Waals surface area contributed by atoms with E-state index in [-0.39, 0.29) is 6.61 Å². The molecule has 0 bridgehead atoms. The van der Waals surface area contributed by atoms with Crippen molar-refractivity contribution < 1.29 is 5.11 Å². The van der Waals surface area contributed by atoms with Crippen LogP contribution in [0.2, 0.25) is 0 Å². The Labute approximate surface area is 80.6 Å². The maximum Gasteiger partial charge on any atom is 0.0690 e. The van der Waals surface area contributed by atoms with E-state index in [4.69, 9.17) is 5.73 Å². The number of nitrogen functional groups attached to an aromatic ring is 1. The van der Waals surface area contributed by atoms with Gasteiger partial charge in [0.25, 0.3) is 0 Å². The van der Waals surface area contributed by atoms with E-state index in [1.54, 1.807) is 11.3 Å². The van der Waals surface area contributed by atoms with Gasteiger partial charge in [-0.3, -0.25) is 0 Å². The molecule has 0 radical (unpaired) electrons. The molecule has 0 atom stereocenters. The summed E-state index contributed by atoms with van der Waals surface area (Å²) in [6.07, 6.45) is 0. The molecule has 2 rings (SSSR count). The van der Waals surface area contributed by atoms with Gasteiger partial charge in [0.15, 0.2) is 0 Å². The Hall–Kier alpha value is -1.06. The molecule has 3 N–H and O–H groups in total. The first kappa shape index (κ1) is 8.53. The second-order valence-electron chi connectivity index (χ2n) is 3.08. The molecular formula is C10H11NOS. The van der Waals surface area contributed by atoms with Gasteiger partial charge in [-0.15, -0.1) is 11.3 Å². The monoisotopic (exact) mass is 193 g/mol. The predicted octanol–water partition coefficient (Wildman–Crippen LogP) is 2.28. The number of aliphatic hydroxyl groups is 1. The third kappa shape index (κ3) is 1.20. The third-order valence-corrected chi connectivity index (χ3v) is 3.22. The van der Waals surface area contributed by atoms with Crippen molar-refractivity contribution >= 4 is 27.1 Å². The number of aliphatic hydroxyl groups excluding tert-OH is 1. The minimum atomic E-state index is 0.0827. The van der Waals surface area contributed by atoms with Gasteiger partial charge in [-0.2, -0.15) is 0 Å². The van der Waals surface area contributed by atoms with E-state index < -0.39 is 0 Å². The highest BCUT2D eigenvalue weighted by Crippen LogP contribution is 2.31. The zero-order valence-corrected chi connectivity index (χ0v) is 8.19. The summed E-state index contributed by atoms with van der Waals surface area (Å²) < 4.78 is 1.08. The summed E-state index contributed by atoms with van der Waals surface area (Å²) >= 11 is 1.62. The van der Waals surface area contributed by atoms with Gasteiger partial charge >= 0.3 is 0 Å². The highest BCUT2D eigenvalue weighted by molar-refractivity contribution is 7.17. The quantitative estimate of drug-likeness (QED) is 0.682. The second kappa shape index (κ2) is 3.01. The first-order chi connectivity index (χ1) is 6.24. The highest BCUT2D eigenvalue weighted by Gasteiger charge is 2.07. The lowest BCUT2D eigenvalue weighted by Crippen LogP contribution is -1.93. The van der Waals surface area contributed by atoms with E-state index >= 15 is 0 Å². The first-order valence-corrected chi connectivity index (χ1v) is 4.98. The highest BCUT2D eigenvalue weighted by atomic mass is 32.1. The van der Waals surface area contributed by atoms with Crippen LogP contribution in [0.1, 0.15) is 11.1 Å². The van der Waals surface area contributed by atoms with Crippen LogP contribution in [0.15, 0.2) is 17.5 Å². The Bertz CT molecular complexity index is 447. The molecule has 0 saturated heterocycles. The molecule has 0 fully saturated rings. The van der Waals surface area contributed by atoms with Crippen molar-refractivity contribution in [3.05, 3.63) is 28.6 Å². The molecule has 3 heteroatoms. The maximum atomic E-state index is 9.19. The van der Waals surface area contributed by atoms with Crippen LogP contribution in [0.4, 0.5) is 5.69 Å². The van der Waals surface area contributed by atoms with Gasteiger partial charge in [-0.1, -0.05) is 0 Å². The van der Waals surface area contributed by atoms with E-state index in [1.165, 1.54) is 0 Å². The van der Waals surface area contributed by atoms with Gasteiger partial charge in [-0.25, -0.2) is 0 Å². The molecule has 0 aliphatic carbocycles. The summed E-state index contributed by atoms with van der Waals surface area (Å²) in [5.74, 6) is 0. The number of hydrogen-bond acceptors (Lipinski definition) is 3. The van der Waals surface area contributed by atoms with Crippen molar-refractivity contribution in [2.24, 2.45) is 0 Å². The van der Waals surface area contributed by atoms with Gasteiger partial charge in [0.05, 0.1) is 11.3 Å². The van der Waals surface area contributed by atoms with E-state index in [9.17, 15) is 5.11 Å². The van der Waals surface area contributed by atoms with Crippen LogP contribution in [0.5, 0.6) is 0 Å². The van der Waals surface area contributed by atoms with Crippen molar-refractivity contribution in [3.8, 4) is 0 Å². The van der Waals surface area contributed by atoms with Crippen LogP contribution in [0.25, 0.3) is 10.1 Å². The van der Waals surface area contributed by atoms with Crippen molar-refractivity contribution in [2.45, 2.75) is 13.5 Å². The number of aryl methyl sites for hydroxylation is 1. The van der Waals surface area contributed by atoms with Gasteiger partial charge in [-0.05, 0) is 35.6 Å². The third-order valence-electron chi connectivity index (χ3n) is 2.26. The van der Waals surface area contributed by atoms with Crippen molar-refractivity contribution in [2.75, 3.05) is 5.73 Å². The first-order valence-electron chi connectivity index (χ1n) is 4.10. The Morgan fingerprint density at radius 1 is 1.54 bits per heavy atom. The number of benzene rings is 1. The van der Waals surface area contributed by atoms with Gasteiger partial charge in [0.2, 0.25) is 0 Å². The zero-order chi connectivity index (χ0) is 9.42. The van der Waals surface area contributed by atoms with Crippen LogP contribution in [-0.4, -0.2) is 5.11 Å². The van der Waals surface area contributed by atoms with E-state index in [2.05, 4.69) is 0 Å². The lowest BCUT2D eigenvalue weighted by molar-refractivity contribution is 0.282. The standard InChI is InChI=1S/C10H11NOS/c1-6-4-9(11)10-7(2-3-13-10)8(6)5-12/h2-4,12H,5,11H2,1H3. The molecule has 0 saturated carbocycles. The maximum absolute atomic E-state index is 9.19. The van der Waals surface area contributed by atoms with Crippen LogP contribution < -0.4 is 5.73 Å². The molecule has 68 valence electrons. The average Bonchev–Trinajstić information content (AvgIpc) is 2.53. The summed E-state index contributed by atoms with van der Waals surface area (Å²) in [5, 5.41) is 12.3. The molecule has 13 heavy (non-hydrogen) atoms. The molecule has 0 amide bonds. The summed E-state index contributed by atoms with van der Waals surface area (Å²) in [4.78, 5) is 0. The molecule has 0 unspecified atom stereocenters. The summed E-state index contributed by atoms with van der Waals surface area (Å²) in [6.45, 7) is 2.05. The largest absolute Gasteiger partial charge is 0.398 e. The second-order valence-corrected chi connectivity index (χ2v) is 4.00. The van der Waals surface area contributed by atoms with Crippen molar-refractivity contribution in [3.63, 3.8) is 0 Å². The Morgan fingerprint density at radius 2 is 2.31 bits per heavy atom. The SMILES string of the molecule is Cc1cc(N)c2sccc2c1CO. The Balaban J connectivity index is 2.88. The molecule has 0 aliphatic rings. The zero-order valence-electron chi connectivity index (χ0n) is 7.37. The minimum absolute atomic E-state index is 0.0827. The topological polar surface area (TPSA) is 46.2 Å². The fourth-order valence-electron chi connectivity index (χ4n) is 1.58. The van der Waals surface area contributed by atoms with E-state index in [1.807, 2.05) is 24.4 Å². The summed E-state index contributed by atoms with van der Waals surface area (Å²) in [6, 6.07) is 3.93. The number of nitrogens with two attached hydrogens (primary N) is 1. The lowest BCUT2D eigenvalue weighted by atomic mass is 10.0. The minimum Gasteiger partial charge on any atom is -0.398 e. The molecule has 1 aromatic heterocycles. The summed E-state index contributed by atoms with van der Waals surface area (Å²) in [7, 11) is 0. The molecule has 0 spiro atoms. The molecule has 2 nitrogen and oxygen atoms in total. The number of anilines is 1. The fraction of sp³-hybridized carbons (Fsp3) is 0.200. The molecule has 0 aliphatic heterocycles.